The van der Waals surface area contributed by atoms with Crippen molar-refractivity contribution >= 4 is 24.3 Å². The van der Waals surface area contributed by atoms with Gasteiger partial charge in [-0.3, -0.25) is 9.78 Å². The highest BCUT2D eigenvalue weighted by atomic mass is 35.5. The van der Waals surface area contributed by atoms with Crippen LogP contribution in [0.5, 0.6) is 0 Å². The number of aromatic amines is 1. The maximum atomic E-state index is 12.4. The molecule has 0 spiro atoms. The second kappa shape index (κ2) is 8.44. The number of fused-ring (bicyclic) bond motifs is 1. The van der Waals surface area contributed by atoms with Crippen LogP contribution in [-0.2, 0) is 13.0 Å². The summed E-state index contributed by atoms with van der Waals surface area (Å²) in [5.74, 6) is 1.37. The molecule has 1 aromatic carbocycles. The first kappa shape index (κ1) is 20.3. The van der Waals surface area contributed by atoms with Crippen molar-refractivity contribution in [1.82, 2.24) is 19.9 Å². The molecule has 1 fully saturated rings. The van der Waals surface area contributed by atoms with E-state index in [1.54, 1.807) is 6.20 Å². The number of rotatable bonds is 3. The van der Waals surface area contributed by atoms with Crippen molar-refractivity contribution in [2.75, 3.05) is 29.4 Å². The molecule has 30 heavy (non-hydrogen) atoms. The van der Waals surface area contributed by atoms with E-state index in [2.05, 4.69) is 49.0 Å². The zero-order valence-corrected chi connectivity index (χ0v) is 17.8. The van der Waals surface area contributed by atoms with Crippen molar-refractivity contribution in [3.8, 4) is 11.3 Å². The maximum Gasteiger partial charge on any atom is 0.252 e. The quantitative estimate of drug-likeness (QED) is 0.696. The van der Waals surface area contributed by atoms with Crippen LogP contribution in [0.4, 0.5) is 11.9 Å². The Labute approximate surface area is 181 Å². The third-order valence-corrected chi connectivity index (χ3v) is 5.79. The van der Waals surface area contributed by atoms with Crippen LogP contribution in [-0.4, -0.2) is 39.6 Å². The third-order valence-electron chi connectivity index (χ3n) is 5.79. The Morgan fingerprint density at radius 2 is 1.77 bits per heavy atom. The number of aromatic nitrogens is 4. The maximum absolute atomic E-state index is 12.4. The molecular weight excluding hydrogens is 400 g/mol. The topological polar surface area (TPSA) is 78.0 Å². The molecule has 0 aliphatic carbocycles. The molecule has 2 aromatic heterocycles. The van der Waals surface area contributed by atoms with Crippen LogP contribution >= 0.6 is 12.4 Å². The smallest absolute Gasteiger partial charge is 0.252 e. The van der Waals surface area contributed by atoms with Crippen molar-refractivity contribution in [3.63, 3.8) is 0 Å². The lowest BCUT2D eigenvalue weighted by Gasteiger charge is -2.29. The molecule has 4 heterocycles. The molecule has 0 radical (unpaired) electrons. The van der Waals surface area contributed by atoms with Gasteiger partial charge in [0.05, 0.1) is 11.4 Å². The average molecular weight is 425 g/mol. The van der Waals surface area contributed by atoms with E-state index in [9.17, 15) is 4.79 Å². The molecule has 8 heteroatoms. The molecule has 2 aliphatic rings. The van der Waals surface area contributed by atoms with E-state index in [1.807, 2.05) is 6.92 Å². The Hall–Kier alpha value is -2.93. The zero-order chi connectivity index (χ0) is 19.8. The fraction of sp³-hybridized carbons (Fsp3) is 0.364. The minimum Gasteiger partial charge on any atom is -0.341 e. The van der Waals surface area contributed by atoms with Gasteiger partial charge in [0, 0.05) is 44.0 Å². The van der Waals surface area contributed by atoms with Gasteiger partial charge in [-0.25, -0.2) is 15.0 Å². The Balaban J connectivity index is 0.00000218. The predicted molar refractivity (Wildman–Crippen MR) is 121 cm³/mol. The van der Waals surface area contributed by atoms with Crippen molar-refractivity contribution < 1.29 is 0 Å². The largest absolute Gasteiger partial charge is 0.341 e. The van der Waals surface area contributed by atoms with E-state index in [1.165, 1.54) is 30.0 Å². The van der Waals surface area contributed by atoms with Crippen LogP contribution in [0.2, 0.25) is 0 Å². The number of nitrogens with one attached hydrogen (secondary N) is 1. The van der Waals surface area contributed by atoms with Crippen LogP contribution in [0.25, 0.3) is 11.3 Å². The lowest BCUT2D eigenvalue weighted by Crippen LogP contribution is -2.33. The molecule has 1 N–H and O–H groups in total. The summed E-state index contributed by atoms with van der Waals surface area (Å²) in [6, 6.07) is 9.96. The Morgan fingerprint density at radius 1 is 1.00 bits per heavy atom. The Morgan fingerprint density at radius 3 is 2.53 bits per heavy atom. The summed E-state index contributed by atoms with van der Waals surface area (Å²) < 4.78 is 0. The van der Waals surface area contributed by atoms with Crippen LogP contribution in [0.3, 0.4) is 0 Å². The SMILES string of the molecule is Cc1nc(N2CCCC2)ncc1-c1cc(=O)[nH]c(N2CCc3ccccc3C2)n1.Cl. The van der Waals surface area contributed by atoms with Crippen molar-refractivity contribution in [3.05, 3.63) is 63.7 Å². The predicted octanol–water partition coefficient (Wildman–Crippen LogP) is 3.12. The van der Waals surface area contributed by atoms with Gasteiger partial charge in [-0.1, -0.05) is 24.3 Å². The van der Waals surface area contributed by atoms with Crippen LogP contribution in [0.15, 0.2) is 41.3 Å². The molecule has 0 amide bonds. The number of aryl methyl sites for hydroxylation is 1. The zero-order valence-electron chi connectivity index (χ0n) is 17.0. The summed E-state index contributed by atoms with van der Waals surface area (Å²) in [4.78, 5) is 33.6. The van der Waals surface area contributed by atoms with Gasteiger partial charge in [0.25, 0.3) is 5.56 Å². The Kier molecular flexibility index (Phi) is 5.72. The minimum absolute atomic E-state index is 0. The van der Waals surface area contributed by atoms with Gasteiger partial charge < -0.3 is 9.80 Å². The normalized spacial score (nSPS) is 15.6. The second-order valence-electron chi connectivity index (χ2n) is 7.76. The number of anilines is 2. The molecular formula is C22H25ClN6O. The fourth-order valence-electron chi connectivity index (χ4n) is 4.18. The summed E-state index contributed by atoms with van der Waals surface area (Å²) in [6.45, 7) is 5.53. The summed E-state index contributed by atoms with van der Waals surface area (Å²) in [7, 11) is 0. The summed E-state index contributed by atoms with van der Waals surface area (Å²) in [5, 5.41) is 0. The van der Waals surface area contributed by atoms with Gasteiger partial charge in [-0.2, -0.15) is 0 Å². The van der Waals surface area contributed by atoms with Crippen LogP contribution < -0.4 is 15.4 Å². The van der Waals surface area contributed by atoms with E-state index in [0.717, 1.165) is 49.8 Å². The van der Waals surface area contributed by atoms with Crippen molar-refractivity contribution in [2.24, 2.45) is 0 Å². The summed E-state index contributed by atoms with van der Waals surface area (Å²) >= 11 is 0. The number of benzene rings is 1. The number of hydrogen-bond acceptors (Lipinski definition) is 6. The molecule has 0 atom stereocenters. The number of H-pyrrole nitrogens is 1. The second-order valence-corrected chi connectivity index (χ2v) is 7.76. The van der Waals surface area contributed by atoms with E-state index >= 15 is 0 Å². The fourth-order valence-corrected chi connectivity index (χ4v) is 4.18. The lowest BCUT2D eigenvalue weighted by molar-refractivity contribution is 0.706. The molecule has 156 valence electrons. The molecule has 7 nitrogen and oxygen atoms in total. The number of nitrogens with zero attached hydrogens (tertiary/aromatic N) is 5. The van der Waals surface area contributed by atoms with Crippen LogP contribution in [0.1, 0.15) is 29.7 Å². The van der Waals surface area contributed by atoms with Gasteiger partial charge in [0.15, 0.2) is 0 Å². The minimum atomic E-state index is -0.160. The summed E-state index contributed by atoms with van der Waals surface area (Å²) in [6.07, 6.45) is 5.11. The molecule has 0 saturated carbocycles. The van der Waals surface area contributed by atoms with E-state index < -0.39 is 0 Å². The molecule has 1 saturated heterocycles. The monoisotopic (exact) mass is 424 g/mol. The van der Waals surface area contributed by atoms with E-state index in [-0.39, 0.29) is 18.0 Å². The lowest BCUT2D eigenvalue weighted by atomic mass is 10.0. The molecule has 0 unspecified atom stereocenters. The summed E-state index contributed by atoms with van der Waals surface area (Å²) in [5.41, 5.74) is 4.75. The number of halogens is 1. The highest BCUT2D eigenvalue weighted by molar-refractivity contribution is 5.85. The van der Waals surface area contributed by atoms with Gasteiger partial charge in [0.1, 0.15) is 0 Å². The first-order valence-corrected chi connectivity index (χ1v) is 10.2. The Bertz CT molecular complexity index is 1110. The standard InChI is InChI=1S/C22H24N6O.ClH/c1-15-18(13-23-21(24-15)27-9-4-5-10-27)19-12-20(29)26-22(25-19)28-11-8-16-6-2-3-7-17(16)14-28;/h2-3,6-7,12-13H,4-5,8-11,14H2,1H3,(H,25,26,29);1H. The van der Waals surface area contributed by atoms with Crippen LogP contribution in [0, 0.1) is 6.92 Å². The molecule has 2 aliphatic heterocycles. The molecule has 3 aromatic rings. The first-order valence-electron chi connectivity index (χ1n) is 10.2. The van der Waals surface area contributed by atoms with E-state index in [4.69, 9.17) is 4.98 Å². The molecule has 0 bridgehead atoms. The van der Waals surface area contributed by atoms with Gasteiger partial charge >= 0.3 is 0 Å². The van der Waals surface area contributed by atoms with Gasteiger partial charge in [-0.15, -0.1) is 12.4 Å². The number of hydrogen-bond donors (Lipinski definition) is 1. The van der Waals surface area contributed by atoms with Gasteiger partial charge in [-0.05, 0) is 37.3 Å². The highest BCUT2D eigenvalue weighted by Gasteiger charge is 2.20. The van der Waals surface area contributed by atoms with Crippen molar-refractivity contribution in [1.29, 1.82) is 0 Å². The highest BCUT2D eigenvalue weighted by Crippen LogP contribution is 2.25. The first-order chi connectivity index (χ1) is 14.2. The molecule has 5 rings (SSSR count). The van der Waals surface area contributed by atoms with Gasteiger partial charge in [0.2, 0.25) is 11.9 Å². The van der Waals surface area contributed by atoms with Crippen molar-refractivity contribution in [2.45, 2.75) is 32.7 Å². The van der Waals surface area contributed by atoms with E-state index in [0.29, 0.717) is 11.6 Å². The average Bonchev–Trinajstić information content (AvgIpc) is 3.28. The third kappa shape index (κ3) is 3.89.